The number of imidazole rings is 1. The molecule has 0 aliphatic heterocycles. The van der Waals surface area contributed by atoms with Gasteiger partial charge in [0.15, 0.2) is 0 Å². The summed E-state index contributed by atoms with van der Waals surface area (Å²) in [6.45, 7) is 0.369. The van der Waals surface area contributed by atoms with Gasteiger partial charge in [-0.15, -0.1) is 0 Å². The summed E-state index contributed by atoms with van der Waals surface area (Å²) in [6.07, 6.45) is 4.78. The summed E-state index contributed by atoms with van der Waals surface area (Å²) in [7, 11) is 1.71. The van der Waals surface area contributed by atoms with Crippen molar-refractivity contribution in [2.75, 3.05) is 17.3 Å². The van der Waals surface area contributed by atoms with Crippen LogP contribution in [-0.4, -0.2) is 32.2 Å². The number of fused-ring (bicyclic) bond motifs is 1. The van der Waals surface area contributed by atoms with Crippen LogP contribution in [0.25, 0.3) is 4.96 Å². The third-order valence-electron chi connectivity index (χ3n) is 4.43. The van der Waals surface area contributed by atoms with E-state index in [1.807, 2.05) is 24.3 Å². The third kappa shape index (κ3) is 3.65. The highest BCUT2D eigenvalue weighted by Crippen LogP contribution is 2.28. The molecule has 3 heterocycles. The van der Waals surface area contributed by atoms with Gasteiger partial charge >= 0.3 is 5.82 Å². The number of carbonyl (C=O) groups excluding carboxylic acids is 1. The van der Waals surface area contributed by atoms with Crippen molar-refractivity contribution in [2.45, 2.75) is 6.54 Å². The first-order valence-electron chi connectivity index (χ1n) is 8.65. The minimum absolute atomic E-state index is 0.0828. The number of benzene rings is 1. The monoisotopic (exact) mass is 408 g/mol. The Morgan fingerprint density at radius 1 is 1.24 bits per heavy atom. The van der Waals surface area contributed by atoms with E-state index in [1.165, 1.54) is 15.7 Å². The molecule has 0 aliphatic carbocycles. The Morgan fingerprint density at radius 3 is 2.66 bits per heavy atom. The molecular formula is C19H16N6O3S. The van der Waals surface area contributed by atoms with Gasteiger partial charge in [0.25, 0.3) is 10.9 Å². The largest absolute Gasteiger partial charge is 0.372 e. The average Bonchev–Trinajstić information content (AvgIpc) is 3.33. The van der Waals surface area contributed by atoms with Crippen molar-refractivity contribution in [3.8, 4) is 0 Å². The molecule has 0 aliphatic rings. The molecule has 0 saturated carbocycles. The van der Waals surface area contributed by atoms with Crippen molar-refractivity contribution >= 4 is 39.5 Å². The van der Waals surface area contributed by atoms with Crippen LogP contribution in [0.2, 0.25) is 0 Å². The normalized spacial score (nSPS) is 10.8. The fraction of sp³-hybridized carbons (Fsp3) is 0.105. The first-order valence-corrected chi connectivity index (χ1v) is 9.53. The van der Waals surface area contributed by atoms with E-state index in [9.17, 15) is 14.9 Å². The second-order valence-corrected chi connectivity index (χ2v) is 7.09. The number of anilines is 2. The number of hydrogen-bond acceptors (Lipinski definition) is 7. The van der Waals surface area contributed by atoms with Gasteiger partial charge in [0, 0.05) is 42.6 Å². The van der Waals surface area contributed by atoms with Crippen LogP contribution in [0.1, 0.15) is 15.9 Å². The molecule has 0 atom stereocenters. The maximum atomic E-state index is 12.5. The minimum atomic E-state index is -0.447. The minimum Gasteiger partial charge on any atom is -0.359 e. The Hall–Kier alpha value is -3.79. The van der Waals surface area contributed by atoms with Crippen molar-refractivity contribution in [2.24, 2.45) is 0 Å². The molecule has 0 spiro atoms. The van der Waals surface area contributed by atoms with Crippen molar-refractivity contribution in [3.63, 3.8) is 0 Å². The Labute approximate surface area is 169 Å². The number of nitro groups is 1. The summed E-state index contributed by atoms with van der Waals surface area (Å²) in [5.41, 5.74) is 2.20. The summed E-state index contributed by atoms with van der Waals surface area (Å²) >= 11 is 1.33. The van der Waals surface area contributed by atoms with E-state index < -0.39 is 4.92 Å². The Balaban J connectivity index is 1.46. The predicted octanol–water partition coefficient (Wildman–Crippen LogP) is 3.59. The van der Waals surface area contributed by atoms with Gasteiger partial charge in [-0.05, 0) is 34.8 Å². The number of nitrogens with one attached hydrogen (secondary N) is 1. The van der Waals surface area contributed by atoms with Crippen molar-refractivity contribution in [3.05, 3.63) is 81.6 Å². The summed E-state index contributed by atoms with van der Waals surface area (Å²) in [5, 5.41) is 16.2. The highest BCUT2D eigenvalue weighted by atomic mass is 32.1. The molecule has 9 nitrogen and oxygen atoms in total. The van der Waals surface area contributed by atoms with Gasteiger partial charge in [-0.3, -0.25) is 9.78 Å². The maximum absolute atomic E-state index is 12.5. The highest BCUT2D eigenvalue weighted by molar-refractivity contribution is 7.15. The van der Waals surface area contributed by atoms with Crippen LogP contribution in [0, 0.1) is 10.1 Å². The van der Waals surface area contributed by atoms with Crippen LogP contribution in [0.4, 0.5) is 17.3 Å². The lowest BCUT2D eigenvalue weighted by molar-refractivity contribution is -0.389. The van der Waals surface area contributed by atoms with Crippen LogP contribution in [-0.2, 0) is 6.54 Å². The second kappa shape index (κ2) is 7.68. The van der Waals surface area contributed by atoms with Crippen molar-refractivity contribution in [1.29, 1.82) is 0 Å². The first-order chi connectivity index (χ1) is 14.0. The van der Waals surface area contributed by atoms with E-state index in [-0.39, 0.29) is 17.5 Å². The van der Waals surface area contributed by atoms with Gasteiger partial charge in [0.2, 0.25) is 5.82 Å². The third-order valence-corrected chi connectivity index (χ3v) is 5.18. The maximum Gasteiger partial charge on any atom is 0.372 e. The van der Waals surface area contributed by atoms with E-state index >= 15 is 0 Å². The van der Waals surface area contributed by atoms with Gasteiger partial charge in [0.05, 0.1) is 0 Å². The average molecular weight is 408 g/mol. The van der Waals surface area contributed by atoms with Gasteiger partial charge in [-0.2, -0.15) is 9.38 Å². The number of amides is 1. The zero-order chi connectivity index (χ0) is 20.4. The molecule has 4 aromatic rings. The molecule has 29 heavy (non-hydrogen) atoms. The van der Waals surface area contributed by atoms with Crippen LogP contribution >= 0.6 is 11.3 Å². The number of rotatable bonds is 6. The second-order valence-electron chi connectivity index (χ2n) is 6.22. The van der Waals surface area contributed by atoms with Crippen LogP contribution in [0.15, 0.2) is 60.4 Å². The SMILES string of the molecule is CN(C(=O)c1ccncc1)c1ccc(CNc2nc3sccn3c2[N+](=O)[O-])cc1. The molecule has 0 bridgehead atoms. The molecule has 1 amide bonds. The van der Waals surface area contributed by atoms with Gasteiger partial charge < -0.3 is 20.3 Å². The molecule has 146 valence electrons. The van der Waals surface area contributed by atoms with Crippen molar-refractivity contribution in [1.82, 2.24) is 14.4 Å². The number of pyridine rings is 1. The molecule has 0 radical (unpaired) electrons. The van der Waals surface area contributed by atoms with Crippen LogP contribution in [0.5, 0.6) is 0 Å². The number of thiazole rings is 1. The van der Waals surface area contributed by atoms with E-state index in [0.717, 1.165) is 11.3 Å². The van der Waals surface area contributed by atoms with Crippen molar-refractivity contribution < 1.29 is 9.72 Å². The lowest BCUT2D eigenvalue weighted by Gasteiger charge is -2.17. The fourth-order valence-corrected chi connectivity index (χ4v) is 3.60. The van der Waals surface area contributed by atoms with E-state index in [4.69, 9.17) is 0 Å². The summed E-state index contributed by atoms with van der Waals surface area (Å²) in [4.78, 5) is 33.8. The number of aromatic nitrogens is 3. The van der Waals surface area contributed by atoms with E-state index in [0.29, 0.717) is 17.1 Å². The molecule has 0 saturated heterocycles. The highest BCUT2D eigenvalue weighted by Gasteiger charge is 2.23. The molecule has 4 rings (SSSR count). The Kier molecular flexibility index (Phi) is 4.92. The fourth-order valence-electron chi connectivity index (χ4n) is 2.90. The summed E-state index contributed by atoms with van der Waals surface area (Å²) < 4.78 is 1.45. The molecule has 0 unspecified atom stereocenters. The number of hydrogen-bond donors (Lipinski definition) is 1. The molecular weight excluding hydrogens is 392 g/mol. The lowest BCUT2D eigenvalue weighted by Crippen LogP contribution is -2.26. The number of nitrogens with zero attached hydrogens (tertiary/aromatic N) is 5. The molecule has 10 heteroatoms. The van der Waals surface area contributed by atoms with E-state index in [2.05, 4.69) is 15.3 Å². The lowest BCUT2D eigenvalue weighted by atomic mass is 10.1. The predicted molar refractivity (Wildman–Crippen MR) is 110 cm³/mol. The summed E-state index contributed by atoms with van der Waals surface area (Å²) in [5.74, 6) is 0.0171. The van der Waals surface area contributed by atoms with Crippen LogP contribution in [0.3, 0.4) is 0 Å². The van der Waals surface area contributed by atoms with Gasteiger partial charge in [-0.1, -0.05) is 23.5 Å². The first kappa shape index (κ1) is 18.6. The quantitative estimate of drug-likeness (QED) is 0.386. The smallest absolute Gasteiger partial charge is 0.359 e. The Morgan fingerprint density at radius 2 is 1.97 bits per heavy atom. The molecule has 1 aromatic carbocycles. The molecule has 1 N–H and O–H groups in total. The zero-order valence-electron chi connectivity index (χ0n) is 15.3. The topological polar surface area (TPSA) is 106 Å². The number of carbonyl (C=O) groups is 1. The van der Waals surface area contributed by atoms with Crippen LogP contribution < -0.4 is 10.2 Å². The zero-order valence-corrected chi connectivity index (χ0v) is 16.2. The van der Waals surface area contributed by atoms with Gasteiger partial charge in [0.1, 0.15) is 6.20 Å². The summed E-state index contributed by atoms with van der Waals surface area (Å²) in [6, 6.07) is 10.7. The molecule has 3 aromatic heterocycles. The van der Waals surface area contributed by atoms with E-state index in [1.54, 1.807) is 48.1 Å². The standard InChI is InChI=1S/C19H16N6O3S/c1-23(18(26)14-6-8-20-9-7-14)15-4-2-13(3-5-15)12-21-16-17(25(27)28)24-10-11-29-19(24)22-16/h2-11,21H,12H2,1H3. The molecule has 0 fully saturated rings. The Bertz CT molecular complexity index is 1170. The van der Waals surface area contributed by atoms with Gasteiger partial charge in [-0.25, -0.2) is 0 Å².